The lowest BCUT2D eigenvalue weighted by molar-refractivity contribution is 0.220. The van der Waals surface area contributed by atoms with Crippen molar-refractivity contribution in [1.82, 2.24) is 4.98 Å². The first-order chi connectivity index (χ1) is 10.2. The van der Waals surface area contributed by atoms with Gasteiger partial charge in [0.05, 0.1) is 7.11 Å². The maximum Gasteiger partial charge on any atom is 0.165 e. The highest BCUT2D eigenvalue weighted by Gasteiger charge is 2.16. The van der Waals surface area contributed by atoms with Crippen LogP contribution in [0.25, 0.3) is 10.8 Å². The van der Waals surface area contributed by atoms with Crippen LogP contribution in [-0.2, 0) is 0 Å². The van der Waals surface area contributed by atoms with Crippen molar-refractivity contribution < 1.29 is 14.2 Å². The van der Waals surface area contributed by atoms with Crippen molar-refractivity contribution in [3.05, 3.63) is 71.8 Å². The first-order valence-corrected chi connectivity index (χ1v) is 6.55. The third kappa shape index (κ3) is 2.45. The van der Waals surface area contributed by atoms with E-state index in [-0.39, 0.29) is 5.75 Å². The summed E-state index contributed by atoms with van der Waals surface area (Å²) in [7, 11) is 1.41. The molecule has 3 aromatic rings. The number of benzene rings is 2. The van der Waals surface area contributed by atoms with Crippen molar-refractivity contribution in [2.24, 2.45) is 0 Å². The van der Waals surface area contributed by atoms with Gasteiger partial charge in [0.15, 0.2) is 11.6 Å². The number of hydrogen-bond donors (Lipinski definition) is 1. The number of hydrogen-bond acceptors (Lipinski definition) is 3. The van der Waals surface area contributed by atoms with Crippen molar-refractivity contribution in [3.63, 3.8) is 0 Å². The number of nitrogens with zero attached hydrogens (tertiary/aromatic N) is 1. The minimum absolute atomic E-state index is 0.155. The molecular weight excluding hydrogens is 269 g/mol. The summed E-state index contributed by atoms with van der Waals surface area (Å²) in [6.07, 6.45) is 2.40. The predicted octanol–water partition coefficient (Wildman–Crippen LogP) is 3.46. The Hall–Kier alpha value is -2.46. The van der Waals surface area contributed by atoms with Crippen LogP contribution in [0.4, 0.5) is 4.39 Å². The van der Waals surface area contributed by atoms with Gasteiger partial charge in [-0.05, 0) is 23.1 Å². The van der Waals surface area contributed by atoms with Gasteiger partial charge in [-0.2, -0.15) is 0 Å². The Balaban J connectivity index is 2.08. The third-order valence-electron chi connectivity index (χ3n) is 3.49. The molecule has 1 unspecified atom stereocenters. The molecular formula is C17H14FNO2. The lowest BCUT2D eigenvalue weighted by atomic mass is 9.98. The van der Waals surface area contributed by atoms with Crippen molar-refractivity contribution in [3.8, 4) is 5.75 Å². The van der Waals surface area contributed by atoms with E-state index in [0.717, 1.165) is 10.8 Å². The van der Waals surface area contributed by atoms with Crippen molar-refractivity contribution in [2.45, 2.75) is 6.10 Å². The minimum atomic E-state index is -0.941. The molecule has 0 fully saturated rings. The molecule has 3 rings (SSSR count). The quantitative estimate of drug-likeness (QED) is 0.800. The SMILES string of the molecule is COc1ccc(C(O)c2cncc3ccccc23)cc1F. The van der Waals surface area contributed by atoms with Gasteiger partial charge in [0, 0.05) is 23.3 Å². The molecule has 0 aliphatic carbocycles. The molecule has 0 aliphatic rings. The number of aliphatic hydroxyl groups excluding tert-OH is 1. The number of fused-ring (bicyclic) bond motifs is 1. The number of ether oxygens (including phenoxy) is 1. The molecule has 106 valence electrons. The lowest BCUT2D eigenvalue weighted by Crippen LogP contribution is -2.02. The molecule has 0 saturated carbocycles. The van der Waals surface area contributed by atoms with Gasteiger partial charge in [0.1, 0.15) is 6.10 Å². The Morgan fingerprint density at radius 3 is 2.71 bits per heavy atom. The first kappa shape index (κ1) is 13.5. The van der Waals surface area contributed by atoms with Crippen molar-refractivity contribution in [1.29, 1.82) is 0 Å². The zero-order valence-electron chi connectivity index (χ0n) is 11.5. The molecule has 1 N–H and O–H groups in total. The standard InChI is InChI=1S/C17H14FNO2/c1-21-16-7-6-11(8-15(16)18)17(20)14-10-19-9-12-4-2-3-5-13(12)14/h2-10,17,20H,1H3. The molecule has 0 aliphatic heterocycles. The van der Waals surface area contributed by atoms with Crippen LogP contribution >= 0.6 is 0 Å². The van der Waals surface area contributed by atoms with Gasteiger partial charge in [0.25, 0.3) is 0 Å². The number of pyridine rings is 1. The maximum atomic E-state index is 13.8. The zero-order chi connectivity index (χ0) is 14.8. The summed E-state index contributed by atoms with van der Waals surface area (Å²) in [5, 5.41) is 12.4. The maximum absolute atomic E-state index is 13.8. The van der Waals surface area contributed by atoms with Crippen LogP contribution in [0, 0.1) is 5.82 Å². The highest BCUT2D eigenvalue weighted by Crippen LogP contribution is 2.30. The normalized spacial score (nSPS) is 12.3. The van der Waals surface area contributed by atoms with Gasteiger partial charge in [-0.1, -0.05) is 30.3 Å². The van der Waals surface area contributed by atoms with E-state index in [4.69, 9.17) is 4.74 Å². The van der Waals surface area contributed by atoms with Gasteiger partial charge >= 0.3 is 0 Å². The summed E-state index contributed by atoms with van der Waals surface area (Å²) in [6, 6.07) is 12.1. The molecule has 0 radical (unpaired) electrons. The monoisotopic (exact) mass is 283 g/mol. The summed E-state index contributed by atoms with van der Waals surface area (Å²) in [6.45, 7) is 0. The Labute approximate surface area is 121 Å². The zero-order valence-corrected chi connectivity index (χ0v) is 11.5. The molecule has 1 atom stereocenters. The number of rotatable bonds is 3. The molecule has 0 bridgehead atoms. The van der Waals surface area contributed by atoms with Crippen LogP contribution in [-0.4, -0.2) is 17.2 Å². The smallest absolute Gasteiger partial charge is 0.165 e. The largest absolute Gasteiger partial charge is 0.494 e. The lowest BCUT2D eigenvalue weighted by Gasteiger charge is -2.14. The average Bonchev–Trinajstić information content (AvgIpc) is 2.53. The van der Waals surface area contributed by atoms with E-state index in [1.807, 2.05) is 24.3 Å². The van der Waals surface area contributed by atoms with Crippen LogP contribution < -0.4 is 4.74 Å². The number of aliphatic hydroxyl groups is 1. The van der Waals surface area contributed by atoms with Gasteiger partial charge in [-0.3, -0.25) is 4.98 Å². The van der Waals surface area contributed by atoms with E-state index in [9.17, 15) is 9.50 Å². The fourth-order valence-corrected chi connectivity index (χ4v) is 2.39. The second-order valence-electron chi connectivity index (χ2n) is 4.75. The molecule has 0 amide bonds. The molecule has 0 saturated heterocycles. The third-order valence-corrected chi connectivity index (χ3v) is 3.49. The van der Waals surface area contributed by atoms with E-state index in [2.05, 4.69) is 4.98 Å². The Bertz CT molecular complexity index is 783. The van der Waals surface area contributed by atoms with Gasteiger partial charge in [-0.25, -0.2) is 4.39 Å². The summed E-state index contributed by atoms with van der Waals surface area (Å²) >= 11 is 0. The Kier molecular flexibility index (Phi) is 3.54. The van der Waals surface area contributed by atoms with Crippen molar-refractivity contribution >= 4 is 10.8 Å². The van der Waals surface area contributed by atoms with Gasteiger partial charge in [-0.15, -0.1) is 0 Å². The van der Waals surface area contributed by atoms with E-state index in [1.54, 1.807) is 18.5 Å². The van der Waals surface area contributed by atoms with Crippen LogP contribution in [0.2, 0.25) is 0 Å². The van der Waals surface area contributed by atoms with Crippen LogP contribution in [0.15, 0.2) is 54.9 Å². The highest BCUT2D eigenvalue weighted by atomic mass is 19.1. The second-order valence-corrected chi connectivity index (χ2v) is 4.75. The van der Waals surface area contributed by atoms with Gasteiger partial charge in [0.2, 0.25) is 0 Å². The number of aromatic nitrogens is 1. The highest BCUT2D eigenvalue weighted by molar-refractivity contribution is 5.85. The Morgan fingerprint density at radius 1 is 1.14 bits per heavy atom. The molecule has 4 heteroatoms. The van der Waals surface area contributed by atoms with Crippen molar-refractivity contribution in [2.75, 3.05) is 7.11 Å². The minimum Gasteiger partial charge on any atom is -0.494 e. The van der Waals surface area contributed by atoms with Gasteiger partial charge < -0.3 is 9.84 Å². The molecule has 1 heterocycles. The van der Waals surface area contributed by atoms with Crippen LogP contribution in [0.3, 0.4) is 0 Å². The summed E-state index contributed by atoms with van der Waals surface area (Å²) in [5.41, 5.74) is 1.11. The van der Waals surface area contributed by atoms with E-state index in [0.29, 0.717) is 11.1 Å². The van der Waals surface area contributed by atoms with E-state index in [1.165, 1.54) is 19.2 Å². The fraction of sp³-hybridized carbons (Fsp3) is 0.118. The molecule has 21 heavy (non-hydrogen) atoms. The Morgan fingerprint density at radius 2 is 1.95 bits per heavy atom. The molecule has 3 nitrogen and oxygen atoms in total. The average molecular weight is 283 g/mol. The summed E-state index contributed by atoms with van der Waals surface area (Å²) in [4.78, 5) is 4.14. The predicted molar refractivity (Wildman–Crippen MR) is 78.8 cm³/mol. The topological polar surface area (TPSA) is 42.4 Å². The van der Waals surface area contributed by atoms with E-state index < -0.39 is 11.9 Å². The molecule has 2 aromatic carbocycles. The van der Waals surface area contributed by atoms with E-state index >= 15 is 0 Å². The molecule has 1 aromatic heterocycles. The number of halogens is 1. The van der Waals surface area contributed by atoms with Crippen LogP contribution in [0.1, 0.15) is 17.2 Å². The van der Waals surface area contributed by atoms with Crippen LogP contribution in [0.5, 0.6) is 5.75 Å². The second kappa shape index (κ2) is 5.50. The first-order valence-electron chi connectivity index (χ1n) is 6.55. The summed E-state index contributed by atoms with van der Waals surface area (Å²) < 4.78 is 18.7. The number of methoxy groups -OCH3 is 1. The summed E-state index contributed by atoms with van der Waals surface area (Å²) in [5.74, 6) is -0.343. The fourth-order valence-electron chi connectivity index (χ4n) is 2.39. The molecule has 0 spiro atoms.